The minimum atomic E-state index is -0.401. The number of ether oxygens (including phenoxy) is 5. The molecule has 1 heterocycles. The highest BCUT2D eigenvalue weighted by atomic mass is 16.6. The maximum Gasteiger partial charge on any atom is 0.309 e. The molecule has 0 radical (unpaired) electrons. The zero-order valence-corrected chi connectivity index (χ0v) is 19.0. The number of epoxide rings is 1. The Bertz CT molecular complexity index is 596. The van der Waals surface area contributed by atoms with Gasteiger partial charge in [0.05, 0.1) is 55.6 Å². The standard InChI is InChI=1S/C23H38O8/c1-14(11-27-15(2)12-29-22(25)17-5-4-6-19(24)9-17)28-13-16(3)30-23(26)18-7-8-20-21(10-18)31-20/h14-21,24H,4-13H2,1-3H3. The predicted molar refractivity (Wildman–Crippen MR) is 111 cm³/mol. The Hall–Kier alpha value is -1.22. The second-order valence-corrected chi connectivity index (χ2v) is 9.41. The fraction of sp³-hybridized carbons (Fsp3) is 0.913. The molecule has 0 amide bonds. The van der Waals surface area contributed by atoms with Crippen molar-refractivity contribution in [2.75, 3.05) is 19.8 Å². The van der Waals surface area contributed by atoms with Crippen molar-refractivity contribution in [2.24, 2.45) is 11.8 Å². The van der Waals surface area contributed by atoms with E-state index in [0.717, 1.165) is 38.5 Å². The van der Waals surface area contributed by atoms with Gasteiger partial charge in [0.25, 0.3) is 0 Å². The van der Waals surface area contributed by atoms with Crippen LogP contribution in [0.3, 0.4) is 0 Å². The van der Waals surface area contributed by atoms with Crippen molar-refractivity contribution >= 4 is 11.9 Å². The van der Waals surface area contributed by atoms with E-state index in [0.29, 0.717) is 25.7 Å². The van der Waals surface area contributed by atoms with Crippen LogP contribution in [0.15, 0.2) is 0 Å². The lowest BCUT2D eigenvalue weighted by atomic mass is 9.87. The van der Waals surface area contributed by atoms with Gasteiger partial charge in [-0.2, -0.15) is 0 Å². The third-order valence-electron chi connectivity index (χ3n) is 6.33. The smallest absolute Gasteiger partial charge is 0.309 e. The van der Waals surface area contributed by atoms with Crippen molar-refractivity contribution < 1.29 is 38.4 Å². The van der Waals surface area contributed by atoms with Gasteiger partial charge in [-0.05, 0) is 59.3 Å². The van der Waals surface area contributed by atoms with E-state index >= 15 is 0 Å². The van der Waals surface area contributed by atoms with Crippen molar-refractivity contribution in [3.63, 3.8) is 0 Å². The largest absolute Gasteiger partial charge is 0.463 e. The monoisotopic (exact) mass is 442 g/mol. The van der Waals surface area contributed by atoms with Crippen LogP contribution < -0.4 is 0 Å². The maximum atomic E-state index is 12.3. The summed E-state index contributed by atoms with van der Waals surface area (Å²) in [4.78, 5) is 24.4. The molecule has 8 nitrogen and oxygen atoms in total. The van der Waals surface area contributed by atoms with Crippen molar-refractivity contribution in [3.05, 3.63) is 0 Å². The van der Waals surface area contributed by atoms with E-state index in [-0.39, 0.29) is 54.8 Å². The summed E-state index contributed by atoms with van der Waals surface area (Å²) < 4.78 is 27.8. The van der Waals surface area contributed by atoms with Crippen LogP contribution in [-0.2, 0) is 33.3 Å². The van der Waals surface area contributed by atoms with Gasteiger partial charge in [-0.1, -0.05) is 6.42 Å². The van der Waals surface area contributed by atoms with E-state index < -0.39 is 6.10 Å². The molecule has 0 aromatic rings. The van der Waals surface area contributed by atoms with Crippen LogP contribution in [0.1, 0.15) is 65.7 Å². The molecule has 0 bridgehead atoms. The van der Waals surface area contributed by atoms with Crippen LogP contribution in [0.4, 0.5) is 0 Å². The van der Waals surface area contributed by atoms with Crippen molar-refractivity contribution in [1.29, 1.82) is 0 Å². The molecule has 8 unspecified atom stereocenters. The minimum Gasteiger partial charge on any atom is -0.463 e. The number of hydrogen-bond donors (Lipinski definition) is 1. The molecule has 3 aliphatic rings. The van der Waals surface area contributed by atoms with Gasteiger partial charge < -0.3 is 28.8 Å². The lowest BCUT2D eigenvalue weighted by molar-refractivity contribution is -0.160. The van der Waals surface area contributed by atoms with Crippen LogP contribution in [0, 0.1) is 11.8 Å². The van der Waals surface area contributed by atoms with Gasteiger partial charge in [0.1, 0.15) is 12.7 Å². The summed E-state index contributed by atoms with van der Waals surface area (Å²) >= 11 is 0. The Morgan fingerprint density at radius 2 is 1.52 bits per heavy atom. The Kier molecular flexibility index (Phi) is 9.13. The van der Waals surface area contributed by atoms with Crippen LogP contribution in [0.2, 0.25) is 0 Å². The first-order valence-corrected chi connectivity index (χ1v) is 11.8. The minimum absolute atomic E-state index is 0.0626. The molecular formula is C23H38O8. The summed E-state index contributed by atoms with van der Waals surface area (Å²) in [5.41, 5.74) is 0. The predicted octanol–water partition coefficient (Wildman–Crippen LogP) is 2.39. The highest BCUT2D eigenvalue weighted by Gasteiger charge is 2.46. The van der Waals surface area contributed by atoms with E-state index in [1.165, 1.54) is 0 Å². The number of aliphatic hydroxyl groups is 1. The number of esters is 2. The van der Waals surface area contributed by atoms with Crippen molar-refractivity contribution in [3.8, 4) is 0 Å². The van der Waals surface area contributed by atoms with E-state index in [1.807, 2.05) is 20.8 Å². The fourth-order valence-electron chi connectivity index (χ4n) is 4.34. The Labute approximate surface area is 184 Å². The van der Waals surface area contributed by atoms with E-state index in [2.05, 4.69) is 0 Å². The summed E-state index contributed by atoms with van der Waals surface area (Å²) in [6.07, 6.45) is 4.89. The maximum absolute atomic E-state index is 12.3. The summed E-state index contributed by atoms with van der Waals surface area (Å²) in [5, 5.41) is 9.69. The molecule has 0 aromatic heterocycles. The molecule has 178 valence electrons. The number of carbonyl (C=O) groups is 2. The number of rotatable bonds is 11. The van der Waals surface area contributed by atoms with Gasteiger partial charge in [-0.3, -0.25) is 9.59 Å². The van der Waals surface area contributed by atoms with E-state index in [4.69, 9.17) is 23.7 Å². The normalized spacial score (nSPS) is 33.0. The van der Waals surface area contributed by atoms with Gasteiger partial charge in [-0.15, -0.1) is 0 Å². The molecule has 8 atom stereocenters. The summed E-state index contributed by atoms with van der Waals surface area (Å²) in [5.74, 6) is -0.688. The number of carbonyl (C=O) groups excluding carboxylic acids is 2. The average Bonchev–Trinajstić information content (AvgIpc) is 3.53. The Balaban J connectivity index is 1.23. The van der Waals surface area contributed by atoms with Crippen molar-refractivity contribution in [2.45, 2.75) is 102 Å². The Morgan fingerprint density at radius 3 is 2.23 bits per heavy atom. The fourth-order valence-corrected chi connectivity index (χ4v) is 4.34. The number of aliphatic hydroxyl groups excluding tert-OH is 1. The van der Waals surface area contributed by atoms with Gasteiger partial charge in [0, 0.05) is 0 Å². The molecule has 1 N–H and O–H groups in total. The summed E-state index contributed by atoms with van der Waals surface area (Å²) in [7, 11) is 0. The molecule has 2 saturated carbocycles. The van der Waals surface area contributed by atoms with Crippen LogP contribution in [0.5, 0.6) is 0 Å². The molecular weight excluding hydrogens is 404 g/mol. The first kappa shape index (κ1) is 24.4. The summed E-state index contributed by atoms with van der Waals surface area (Å²) in [6.45, 7) is 6.40. The lowest BCUT2D eigenvalue weighted by Crippen LogP contribution is -2.31. The van der Waals surface area contributed by atoms with Crippen LogP contribution in [-0.4, -0.2) is 73.5 Å². The van der Waals surface area contributed by atoms with Crippen LogP contribution >= 0.6 is 0 Å². The molecule has 2 aliphatic carbocycles. The Morgan fingerprint density at radius 1 is 0.839 bits per heavy atom. The average molecular weight is 443 g/mol. The van der Waals surface area contributed by atoms with Gasteiger partial charge >= 0.3 is 11.9 Å². The van der Waals surface area contributed by atoms with Gasteiger partial charge in [-0.25, -0.2) is 0 Å². The van der Waals surface area contributed by atoms with E-state index in [1.54, 1.807) is 0 Å². The zero-order chi connectivity index (χ0) is 22.4. The highest BCUT2D eigenvalue weighted by Crippen LogP contribution is 2.39. The molecule has 3 fully saturated rings. The van der Waals surface area contributed by atoms with E-state index in [9.17, 15) is 14.7 Å². The number of fused-ring (bicyclic) bond motifs is 1. The highest BCUT2D eigenvalue weighted by molar-refractivity contribution is 5.73. The molecule has 31 heavy (non-hydrogen) atoms. The topological polar surface area (TPSA) is 104 Å². The SMILES string of the molecule is CC(COC(=O)C1CCCC(O)C1)OCC(C)OCC(C)OC(=O)C1CCC2OC2C1. The quantitative estimate of drug-likeness (QED) is 0.384. The third kappa shape index (κ3) is 8.00. The summed E-state index contributed by atoms with van der Waals surface area (Å²) in [6, 6.07) is 0. The third-order valence-corrected chi connectivity index (χ3v) is 6.33. The molecule has 1 saturated heterocycles. The second-order valence-electron chi connectivity index (χ2n) is 9.41. The first-order chi connectivity index (χ1) is 14.8. The van der Waals surface area contributed by atoms with Crippen LogP contribution in [0.25, 0.3) is 0 Å². The van der Waals surface area contributed by atoms with Crippen molar-refractivity contribution in [1.82, 2.24) is 0 Å². The molecule has 8 heteroatoms. The number of hydrogen-bond acceptors (Lipinski definition) is 8. The molecule has 3 rings (SSSR count). The lowest BCUT2D eigenvalue weighted by Gasteiger charge is -2.25. The molecule has 0 spiro atoms. The molecule has 0 aromatic carbocycles. The first-order valence-electron chi connectivity index (χ1n) is 11.8. The molecule has 1 aliphatic heterocycles. The van der Waals surface area contributed by atoms with Gasteiger partial charge in [0.15, 0.2) is 0 Å². The second kappa shape index (κ2) is 11.6. The van der Waals surface area contributed by atoms with Gasteiger partial charge in [0.2, 0.25) is 0 Å². The zero-order valence-electron chi connectivity index (χ0n) is 19.0.